The Hall–Kier alpha value is -0.610. The molecular weight excluding hydrogens is 160 g/mol. The molecule has 68 valence electrons. The highest BCUT2D eigenvalue weighted by Crippen LogP contribution is 2.54. The topological polar surface area (TPSA) is 77.8 Å². The number of carboxylic acids is 1. The van der Waals surface area contributed by atoms with E-state index in [1.165, 1.54) is 0 Å². The monoisotopic (exact) mass is 172 g/mol. The van der Waals surface area contributed by atoms with Crippen LogP contribution in [0.1, 0.15) is 19.3 Å². The molecule has 0 spiro atoms. The highest BCUT2D eigenvalue weighted by atomic mass is 16.4. The lowest BCUT2D eigenvalue weighted by atomic mass is 9.81. The van der Waals surface area contributed by atoms with Crippen LogP contribution in [-0.2, 0) is 4.79 Å². The third kappa shape index (κ3) is 0.716. The van der Waals surface area contributed by atoms with Crippen LogP contribution in [0.15, 0.2) is 0 Å². The summed E-state index contributed by atoms with van der Waals surface area (Å²) in [5.41, 5.74) is -1.04. The average molecular weight is 172 g/mol. The molecule has 0 heterocycles. The second kappa shape index (κ2) is 2.20. The Balaban J connectivity index is 2.32. The maximum Gasteiger partial charge on any atom is 0.312 e. The molecule has 3 N–H and O–H groups in total. The molecule has 2 fully saturated rings. The summed E-state index contributed by atoms with van der Waals surface area (Å²) in [7, 11) is 0. The van der Waals surface area contributed by atoms with Crippen molar-refractivity contribution < 1.29 is 20.1 Å². The van der Waals surface area contributed by atoms with Gasteiger partial charge in [0.1, 0.15) is 0 Å². The van der Waals surface area contributed by atoms with Crippen LogP contribution in [0.5, 0.6) is 0 Å². The van der Waals surface area contributed by atoms with E-state index in [1.54, 1.807) is 0 Å². The van der Waals surface area contributed by atoms with E-state index in [0.29, 0.717) is 12.8 Å². The fourth-order valence-corrected chi connectivity index (χ4v) is 2.58. The van der Waals surface area contributed by atoms with E-state index in [-0.39, 0.29) is 5.92 Å². The Morgan fingerprint density at radius 1 is 1.42 bits per heavy atom. The summed E-state index contributed by atoms with van der Waals surface area (Å²) >= 11 is 0. The van der Waals surface area contributed by atoms with E-state index in [1.807, 2.05) is 0 Å². The molecule has 4 nitrogen and oxygen atoms in total. The second-order valence-electron chi connectivity index (χ2n) is 3.90. The molecule has 4 atom stereocenters. The number of hydrogen-bond donors (Lipinski definition) is 3. The minimum atomic E-state index is -1.06. The van der Waals surface area contributed by atoms with Gasteiger partial charge in [-0.25, -0.2) is 0 Å². The van der Waals surface area contributed by atoms with Crippen molar-refractivity contribution in [1.82, 2.24) is 0 Å². The number of carboxylic acid groups (broad SMARTS) is 1. The fourth-order valence-electron chi connectivity index (χ4n) is 2.58. The van der Waals surface area contributed by atoms with Gasteiger partial charge in [0.05, 0.1) is 17.6 Å². The van der Waals surface area contributed by atoms with Crippen molar-refractivity contribution >= 4 is 5.97 Å². The quantitative estimate of drug-likeness (QED) is 0.502. The van der Waals surface area contributed by atoms with Gasteiger partial charge in [-0.15, -0.1) is 0 Å². The Morgan fingerprint density at radius 3 is 2.42 bits per heavy atom. The molecule has 0 aromatic rings. The van der Waals surface area contributed by atoms with Crippen LogP contribution in [0, 0.1) is 11.3 Å². The zero-order valence-electron chi connectivity index (χ0n) is 6.60. The normalized spacial score (nSPS) is 51.3. The van der Waals surface area contributed by atoms with Gasteiger partial charge in [-0.2, -0.15) is 0 Å². The first-order valence-electron chi connectivity index (χ1n) is 4.17. The van der Waals surface area contributed by atoms with Crippen LogP contribution in [-0.4, -0.2) is 33.5 Å². The molecule has 2 saturated carbocycles. The van der Waals surface area contributed by atoms with Crippen molar-refractivity contribution in [3.63, 3.8) is 0 Å². The zero-order chi connectivity index (χ0) is 8.93. The zero-order valence-corrected chi connectivity index (χ0v) is 6.60. The maximum absolute atomic E-state index is 10.9. The summed E-state index contributed by atoms with van der Waals surface area (Å²) in [5.74, 6) is -0.967. The van der Waals surface area contributed by atoms with Gasteiger partial charge in [0.2, 0.25) is 0 Å². The number of aliphatic carboxylic acids is 1. The lowest BCUT2D eigenvalue weighted by molar-refractivity contribution is -0.158. The summed E-state index contributed by atoms with van der Waals surface area (Å²) in [6, 6.07) is 0. The number of rotatable bonds is 1. The summed E-state index contributed by atoms with van der Waals surface area (Å²) in [4.78, 5) is 10.9. The Bertz CT molecular complexity index is 227. The summed E-state index contributed by atoms with van der Waals surface area (Å²) in [6.45, 7) is 0. The highest BCUT2D eigenvalue weighted by molar-refractivity contribution is 5.76. The number of fused-ring (bicyclic) bond motifs is 2. The molecule has 2 aliphatic rings. The van der Waals surface area contributed by atoms with Crippen molar-refractivity contribution in [2.24, 2.45) is 11.3 Å². The van der Waals surface area contributed by atoms with E-state index in [9.17, 15) is 15.0 Å². The molecule has 0 saturated heterocycles. The molecule has 2 bridgehead atoms. The van der Waals surface area contributed by atoms with Gasteiger partial charge in [-0.1, -0.05) is 0 Å². The van der Waals surface area contributed by atoms with E-state index >= 15 is 0 Å². The van der Waals surface area contributed by atoms with Crippen LogP contribution in [0.4, 0.5) is 0 Å². The van der Waals surface area contributed by atoms with E-state index in [4.69, 9.17) is 5.11 Å². The summed E-state index contributed by atoms with van der Waals surface area (Å²) < 4.78 is 0. The van der Waals surface area contributed by atoms with Crippen LogP contribution >= 0.6 is 0 Å². The van der Waals surface area contributed by atoms with Crippen molar-refractivity contribution in [2.45, 2.75) is 31.5 Å². The Kier molecular flexibility index (Phi) is 1.47. The van der Waals surface area contributed by atoms with E-state index in [2.05, 4.69) is 0 Å². The predicted molar refractivity (Wildman–Crippen MR) is 39.4 cm³/mol. The summed E-state index contributed by atoms with van der Waals surface area (Å²) in [6.07, 6.45) is -0.218. The minimum absolute atomic E-state index is 0.00361. The van der Waals surface area contributed by atoms with Crippen molar-refractivity contribution in [3.8, 4) is 0 Å². The molecule has 4 unspecified atom stereocenters. The van der Waals surface area contributed by atoms with E-state index < -0.39 is 23.6 Å². The van der Waals surface area contributed by atoms with Crippen molar-refractivity contribution in [1.29, 1.82) is 0 Å². The van der Waals surface area contributed by atoms with Gasteiger partial charge < -0.3 is 15.3 Å². The van der Waals surface area contributed by atoms with Gasteiger partial charge in [-0.3, -0.25) is 4.79 Å². The molecule has 4 heteroatoms. The van der Waals surface area contributed by atoms with Crippen LogP contribution in [0.3, 0.4) is 0 Å². The van der Waals surface area contributed by atoms with Gasteiger partial charge >= 0.3 is 5.97 Å². The molecule has 0 radical (unpaired) electrons. The minimum Gasteiger partial charge on any atom is -0.481 e. The lowest BCUT2D eigenvalue weighted by Crippen LogP contribution is -2.44. The molecule has 0 aliphatic heterocycles. The smallest absolute Gasteiger partial charge is 0.312 e. The fraction of sp³-hybridized carbons (Fsp3) is 0.875. The first-order chi connectivity index (χ1) is 5.58. The molecule has 12 heavy (non-hydrogen) atoms. The summed E-state index contributed by atoms with van der Waals surface area (Å²) in [5, 5.41) is 27.8. The number of aliphatic hydroxyl groups excluding tert-OH is 2. The highest BCUT2D eigenvalue weighted by Gasteiger charge is 2.61. The number of hydrogen-bond acceptors (Lipinski definition) is 3. The van der Waals surface area contributed by atoms with Gasteiger partial charge in [0.15, 0.2) is 0 Å². The lowest BCUT2D eigenvalue weighted by Gasteiger charge is -2.29. The Morgan fingerprint density at radius 2 is 2.08 bits per heavy atom. The first-order valence-corrected chi connectivity index (χ1v) is 4.17. The molecular formula is C8H12O4. The molecule has 0 amide bonds. The van der Waals surface area contributed by atoms with Gasteiger partial charge in [-0.05, 0) is 25.2 Å². The SMILES string of the molecule is O=C(O)C12CCC(C1)C(O)C2O. The van der Waals surface area contributed by atoms with E-state index in [0.717, 1.165) is 6.42 Å². The average Bonchev–Trinajstić information content (AvgIpc) is 2.53. The van der Waals surface area contributed by atoms with Crippen LogP contribution in [0.25, 0.3) is 0 Å². The van der Waals surface area contributed by atoms with Gasteiger partial charge in [0.25, 0.3) is 0 Å². The third-order valence-electron chi connectivity index (χ3n) is 3.39. The maximum atomic E-state index is 10.9. The van der Waals surface area contributed by atoms with Gasteiger partial charge in [0, 0.05) is 0 Å². The molecule has 2 rings (SSSR count). The van der Waals surface area contributed by atoms with Crippen molar-refractivity contribution in [3.05, 3.63) is 0 Å². The van der Waals surface area contributed by atoms with Crippen LogP contribution < -0.4 is 0 Å². The second-order valence-corrected chi connectivity index (χ2v) is 3.90. The Labute approximate surface area is 69.8 Å². The molecule has 0 aromatic heterocycles. The molecule has 2 aliphatic carbocycles. The largest absolute Gasteiger partial charge is 0.481 e. The van der Waals surface area contributed by atoms with Crippen molar-refractivity contribution in [2.75, 3.05) is 0 Å². The van der Waals surface area contributed by atoms with Crippen LogP contribution in [0.2, 0.25) is 0 Å². The third-order valence-corrected chi connectivity index (χ3v) is 3.39. The first kappa shape index (κ1) is 8.01. The standard InChI is InChI=1S/C8H12O4/c9-5-4-1-2-8(3-4,6(5)10)7(11)12/h4-6,9-10H,1-3H2,(H,11,12). The number of aliphatic hydroxyl groups is 2. The number of carbonyl (C=O) groups is 1. The molecule has 0 aromatic carbocycles. The predicted octanol–water partition coefficient (Wildman–Crippen LogP) is -0.407.